The normalized spacial score (nSPS) is 11.1. The van der Waals surface area contributed by atoms with Crippen LogP contribution in [0.1, 0.15) is 12.8 Å². The van der Waals surface area contributed by atoms with Gasteiger partial charge in [0.2, 0.25) is 11.8 Å². The highest BCUT2D eigenvalue weighted by molar-refractivity contribution is 6.33. The highest BCUT2D eigenvalue weighted by Crippen LogP contribution is 2.35. The monoisotopic (exact) mass is 370 g/mol. The molecule has 0 saturated heterocycles. The van der Waals surface area contributed by atoms with Gasteiger partial charge in [-0.05, 0) is 18.2 Å². The molecule has 3 aromatic rings. The average Bonchev–Trinajstić information content (AvgIpc) is 2.95. The maximum atomic E-state index is 11.9. The lowest BCUT2D eigenvalue weighted by atomic mass is 10.2. The van der Waals surface area contributed by atoms with Gasteiger partial charge in [0.15, 0.2) is 5.69 Å². The summed E-state index contributed by atoms with van der Waals surface area (Å²) in [5, 5.41) is 20.9. The Balaban J connectivity index is 1.58. The molecule has 1 aromatic heterocycles. The van der Waals surface area contributed by atoms with Gasteiger partial charge in [0.25, 0.3) is 5.91 Å². The van der Waals surface area contributed by atoms with Gasteiger partial charge in [-0.3, -0.25) is 9.59 Å². The van der Waals surface area contributed by atoms with Crippen LogP contribution < -0.4 is 5.32 Å². The number of azo groups is 1. The molecule has 0 bridgehead atoms. The van der Waals surface area contributed by atoms with E-state index in [0.29, 0.717) is 21.6 Å². The Labute approximate surface area is 153 Å². The van der Waals surface area contributed by atoms with Gasteiger partial charge < -0.3 is 15.4 Å². The van der Waals surface area contributed by atoms with Crippen LogP contribution >= 0.6 is 11.6 Å². The standard InChI is InChI=1S/C18H15ClN4O3/c19-12-6-2-4-8-14(12)20-15(24)9-10-16(25)22-23-17-11-5-1-3-7-13(11)21-18(17)26/h1-8,21,26H,9-10H2,(H,20,24). The smallest absolute Gasteiger partial charge is 0.265 e. The van der Waals surface area contributed by atoms with Crippen LogP contribution in [0, 0.1) is 0 Å². The number of fused-ring (bicyclic) bond motifs is 1. The van der Waals surface area contributed by atoms with Crippen LogP contribution in [-0.4, -0.2) is 21.9 Å². The van der Waals surface area contributed by atoms with Gasteiger partial charge in [-0.25, -0.2) is 0 Å². The largest absolute Gasteiger partial charge is 0.493 e. The molecule has 0 atom stereocenters. The molecular formula is C18H15ClN4O3. The summed E-state index contributed by atoms with van der Waals surface area (Å²) in [6.45, 7) is 0. The first-order valence-corrected chi connectivity index (χ1v) is 8.21. The molecule has 0 aliphatic rings. The molecule has 2 amide bonds. The number of carbonyl (C=O) groups excluding carboxylic acids is 2. The van der Waals surface area contributed by atoms with E-state index in [1.165, 1.54) is 0 Å². The van der Waals surface area contributed by atoms with Crippen LogP contribution in [0.5, 0.6) is 5.88 Å². The quantitative estimate of drug-likeness (QED) is 0.573. The maximum absolute atomic E-state index is 11.9. The highest BCUT2D eigenvalue weighted by atomic mass is 35.5. The minimum atomic E-state index is -0.566. The first-order valence-electron chi connectivity index (χ1n) is 7.83. The van der Waals surface area contributed by atoms with Crippen LogP contribution in [0.3, 0.4) is 0 Å². The summed E-state index contributed by atoms with van der Waals surface area (Å²) >= 11 is 5.96. The zero-order valence-electron chi connectivity index (χ0n) is 13.6. The molecule has 26 heavy (non-hydrogen) atoms. The predicted molar refractivity (Wildman–Crippen MR) is 98.8 cm³/mol. The van der Waals surface area contributed by atoms with Crippen molar-refractivity contribution >= 4 is 45.7 Å². The second-order valence-corrected chi connectivity index (χ2v) is 5.90. The van der Waals surface area contributed by atoms with E-state index in [4.69, 9.17) is 11.6 Å². The zero-order valence-corrected chi connectivity index (χ0v) is 14.3. The molecule has 1 heterocycles. The Bertz CT molecular complexity index is 997. The molecule has 0 unspecified atom stereocenters. The number of halogens is 1. The summed E-state index contributed by atoms with van der Waals surface area (Å²) < 4.78 is 0. The number of para-hydroxylation sites is 2. The molecule has 0 fully saturated rings. The molecule has 2 aromatic carbocycles. The van der Waals surface area contributed by atoms with Crippen molar-refractivity contribution in [1.29, 1.82) is 0 Å². The number of aromatic amines is 1. The minimum Gasteiger partial charge on any atom is -0.493 e. The van der Waals surface area contributed by atoms with E-state index in [2.05, 4.69) is 20.5 Å². The van der Waals surface area contributed by atoms with Crippen LogP contribution in [-0.2, 0) is 9.59 Å². The number of anilines is 1. The van der Waals surface area contributed by atoms with Gasteiger partial charge in [0.1, 0.15) is 0 Å². The van der Waals surface area contributed by atoms with E-state index in [9.17, 15) is 14.7 Å². The van der Waals surface area contributed by atoms with Crippen molar-refractivity contribution in [1.82, 2.24) is 4.98 Å². The lowest BCUT2D eigenvalue weighted by Crippen LogP contribution is -2.13. The van der Waals surface area contributed by atoms with Crippen molar-refractivity contribution in [2.75, 3.05) is 5.32 Å². The van der Waals surface area contributed by atoms with E-state index >= 15 is 0 Å². The molecule has 0 spiro atoms. The van der Waals surface area contributed by atoms with Crippen molar-refractivity contribution in [3.05, 3.63) is 53.6 Å². The summed E-state index contributed by atoms with van der Waals surface area (Å²) in [5.74, 6) is -1.08. The summed E-state index contributed by atoms with van der Waals surface area (Å²) in [6.07, 6.45) is -0.161. The number of aromatic nitrogens is 1. The third kappa shape index (κ3) is 4.07. The first kappa shape index (κ1) is 17.6. The second kappa shape index (κ2) is 7.79. The number of carbonyl (C=O) groups is 2. The van der Waals surface area contributed by atoms with Gasteiger partial charge in [-0.15, -0.1) is 10.2 Å². The van der Waals surface area contributed by atoms with E-state index in [0.717, 1.165) is 0 Å². The highest BCUT2D eigenvalue weighted by Gasteiger charge is 2.11. The van der Waals surface area contributed by atoms with Crippen molar-refractivity contribution in [2.24, 2.45) is 10.2 Å². The molecule has 7 nitrogen and oxygen atoms in total. The topological polar surface area (TPSA) is 107 Å². The van der Waals surface area contributed by atoms with Gasteiger partial charge in [-0.2, -0.15) is 0 Å². The number of amides is 2. The molecule has 3 rings (SSSR count). The second-order valence-electron chi connectivity index (χ2n) is 5.49. The van der Waals surface area contributed by atoms with E-state index in [1.807, 2.05) is 6.07 Å². The van der Waals surface area contributed by atoms with Crippen molar-refractivity contribution in [3.63, 3.8) is 0 Å². The number of hydrogen-bond acceptors (Lipinski definition) is 4. The summed E-state index contributed by atoms with van der Waals surface area (Å²) in [4.78, 5) is 26.5. The van der Waals surface area contributed by atoms with Crippen LogP contribution in [0.15, 0.2) is 58.8 Å². The molecular weight excluding hydrogens is 356 g/mol. The van der Waals surface area contributed by atoms with Crippen LogP contribution in [0.25, 0.3) is 10.9 Å². The van der Waals surface area contributed by atoms with Crippen molar-refractivity contribution in [3.8, 4) is 5.88 Å². The van der Waals surface area contributed by atoms with Crippen LogP contribution in [0.2, 0.25) is 5.02 Å². The van der Waals surface area contributed by atoms with Crippen molar-refractivity contribution in [2.45, 2.75) is 12.8 Å². The lowest BCUT2D eigenvalue weighted by molar-refractivity contribution is -0.122. The minimum absolute atomic E-state index is 0.0526. The van der Waals surface area contributed by atoms with E-state index in [-0.39, 0.29) is 30.3 Å². The molecule has 0 radical (unpaired) electrons. The Morgan fingerprint density at radius 2 is 1.81 bits per heavy atom. The Morgan fingerprint density at radius 3 is 2.62 bits per heavy atom. The Kier molecular flexibility index (Phi) is 5.28. The fourth-order valence-corrected chi connectivity index (χ4v) is 2.55. The Morgan fingerprint density at radius 1 is 1.08 bits per heavy atom. The summed E-state index contributed by atoms with van der Waals surface area (Å²) in [6, 6.07) is 13.9. The number of benzene rings is 2. The first-order chi connectivity index (χ1) is 12.5. The molecule has 0 saturated carbocycles. The van der Waals surface area contributed by atoms with Gasteiger partial charge >= 0.3 is 0 Å². The molecule has 0 aliphatic carbocycles. The third-order valence-corrected chi connectivity index (χ3v) is 3.96. The Hall–Kier alpha value is -3.19. The van der Waals surface area contributed by atoms with E-state index in [1.54, 1.807) is 42.5 Å². The molecule has 8 heteroatoms. The fourth-order valence-electron chi connectivity index (χ4n) is 2.37. The van der Waals surface area contributed by atoms with E-state index < -0.39 is 5.91 Å². The molecule has 0 aliphatic heterocycles. The SMILES string of the molecule is O=C(CCC(=O)Nc1ccccc1Cl)N=Nc1c(O)[nH]c2ccccc12. The predicted octanol–water partition coefficient (Wildman–Crippen LogP) is 4.56. The van der Waals surface area contributed by atoms with Crippen molar-refractivity contribution < 1.29 is 14.7 Å². The average molecular weight is 371 g/mol. The number of H-pyrrole nitrogens is 1. The number of nitrogens with zero attached hydrogens (tertiary/aromatic N) is 2. The summed E-state index contributed by atoms with van der Waals surface area (Å²) in [5.41, 5.74) is 1.36. The number of rotatable bonds is 5. The number of hydrogen-bond donors (Lipinski definition) is 3. The van der Waals surface area contributed by atoms with Gasteiger partial charge in [0.05, 0.1) is 16.2 Å². The van der Waals surface area contributed by atoms with Gasteiger partial charge in [0, 0.05) is 18.2 Å². The molecule has 132 valence electrons. The fraction of sp³-hybridized carbons (Fsp3) is 0.111. The zero-order chi connectivity index (χ0) is 18.5. The maximum Gasteiger partial charge on any atom is 0.265 e. The number of nitrogens with one attached hydrogen (secondary N) is 2. The molecule has 3 N–H and O–H groups in total. The van der Waals surface area contributed by atoms with Gasteiger partial charge in [-0.1, -0.05) is 41.9 Å². The third-order valence-electron chi connectivity index (χ3n) is 3.63. The lowest BCUT2D eigenvalue weighted by Gasteiger charge is -2.05. The number of aromatic hydroxyl groups is 1. The van der Waals surface area contributed by atoms with Crippen LogP contribution in [0.4, 0.5) is 11.4 Å². The summed E-state index contributed by atoms with van der Waals surface area (Å²) in [7, 11) is 0.